The number of hydrogen-bond acceptors (Lipinski definition) is 8. The first-order valence-electron chi connectivity index (χ1n) is 10.8. The van der Waals surface area contributed by atoms with Crippen molar-refractivity contribution < 1.29 is 46.4 Å². The zero-order valence-corrected chi connectivity index (χ0v) is 19.2. The lowest BCUT2D eigenvalue weighted by atomic mass is 9.85. The second-order valence-corrected chi connectivity index (χ2v) is 7.88. The molecule has 0 N–H and O–H groups in total. The molecule has 0 spiro atoms. The Kier molecular flexibility index (Phi) is 7.33. The van der Waals surface area contributed by atoms with Gasteiger partial charge in [0.25, 0.3) is 5.91 Å². The monoisotopic (exact) mass is 498 g/mol. The van der Waals surface area contributed by atoms with Crippen LogP contribution in [0.25, 0.3) is 0 Å². The van der Waals surface area contributed by atoms with Crippen molar-refractivity contribution in [3.63, 3.8) is 0 Å². The molecule has 0 bridgehead atoms. The van der Waals surface area contributed by atoms with Gasteiger partial charge in [-0.3, -0.25) is 9.53 Å². The molecule has 0 aliphatic carbocycles. The van der Waals surface area contributed by atoms with Gasteiger partial charge in [0.05, 0.1) is 33.1 Å². The Bertz CT molecular complexity index is 1050. The number of alkyl halides is 3. The molecule has 0 saturated carbocycles. The summed E-state index contributed by atoms with van der Waals surface area (Å²) in [5.74, 6) is 0.626. The second-order valence-electron chi connectivity index (χ2n) is 7.88. The summed E-state index contributed by atoms with van der Waals surface area (Å²) >= 11 is 0. The van der Waals surface area contributed by atoms with Gasteiger partial charge in [0.2, 0.25) is 5.88 Å². The molecule has 2 atom stereocenters. The number of likely N-dealkylation sites (tertiary alicyclic amines) is 1. The Balaban J connectivity index is 1.44. The molecule has 35 heavy (non-hydrogen) atoms. The number of methoxy groups -OCH3 is 2. The summed E-state index contributed by atoms with van der Waals surface area (Å²) in [6, 6.07) is 9.92. The first-order valence-corrected chi connectivity index (χ1v) is 10.8. The highest BCUT2D eigenvalue weighted by Crippen LogP contribution is 2.42. The van der Waals surface area contributed by atoms with Crippen molar-refractivity contribution in [1.82, 2.24) is 9.88 Å². The van der Waals surface area contributed by atoms with Crippen molar-refractivity contribution in [2.24, 2.45) is 0 Å². The third-order valence-corrected chi connectivity index (χ3v) is 5.92. The lowest BCUT2D eigenvalue weighted by Gasteiger charge is -2.41. The molecule has 9 nitrogen and oxygen atoms in total. The first kappa shape index (κ1) is 25.0. The van der Waals surface area contributed by atoms with Gasteiger partial charge in [-0.1, -0.05) is 6.07 Å². The molecule has 3 heterocycles. The molecular weight excluding hydrogens is 473 g/mol. The van der Waals surface area contributed by atoms with Crippen molar-refractivity contribution in [2.75, 3.05) is 47.3 Å². The van der Waals surface area contributed by atoms with Crippen LogP contribution in [0.4, 0.5) is 13.2 Å². The van der Waals surface area contributed by atoms with Crippen LogP contribution in [0.2, 0.25) is 0 Å². The third-order valence-electron chi connectivity index (χ3n) is 5.92. The maximum Gasteiger partial charge on any atom is 0.522 e. The van der Waals surface area contributed by atoms with Crippen LogP contribution in [0.15, 0.2) is 36.4 Å². The van der Waals surface area contributed by atoms with E-state index >= 15 is 0 Å². The van der Waals surface area contributed by atoms with Gasteiger partial charge in [0.1, 0.15) is 25.1 Å². The predicted octanol–water partition coefficient (Wildman–Crippen LogP) is 3.13. The van der Waals surface area contributed by atoms with E-state index in [0.717, 1.165) is 0 Å². The Hall–Kier alpha value is -3.09. The minimum absolute atomic E-state index is 0.0868. The molecule has 2 fully saturated rings. The average Bonchev–Trinajstić information content (AvgIpc) is 3.30. The van der Waals surface area contributed by atoms with Gasteiger partial charge >= 0.3 is 6.36 Å². The van der Waals surface area contributed by atoms with Crippen molar-refractivity contribution >= 4 is 5.91 Å². The van der Waals surface area contributed by atoms with Crippen molar-refractivity contribution in [2.45, 2.75) is 24.5 Å². The van der Waals surface area contributed by atoms with Crippen molar-refractivity contribution in [3.05, 3.63) is 47.7 Å². The van der Waals surface area contributed by atoms with E-state index in [-0.39, 0.29) is 37.4 Å². The molecular formula is C23H25F3N2O7. The van der Waals surface area contributed by atoms with Crippen LogP contribution in [-0.2, 0) is 19.8 Å². The summed E-state index contributed by atoms with van der Waals surface area (Å²) in [5, 5.41) is 0. The quantitative estimate of drug-likeness (QED) is 0.513. The smallest absolute Gasteiger partial charge is 0.493 e. The highest BCUT2D eigenvalue weighted by atomic mass is 19.4. The number of nitrogens with zero attached hydrogens (tertiary/aromatic N) is 2. The Morgan fingerprint density at radius 2 is 2.00 bits per heavy atom. The average molecular weight is 498 g/mol. The van der Waals surface area contributed by atoms with Gasteiger partial charge in [-0.05, 0) is 24.3 Å². The number of hydrogen-bond donors (Lipinski definition) is 0. The molecule has 1 amide bonds. The van der Waals surface area contributed by atoms with Crippen molar-refractivity contribution in [1.29, 1.82) is 0 Å². The van der Waals surface area contributed by atoms with Crippen LogP contribution in [-0.4, -0.2) is 75.6 Å². The van der Waals surface area contributed by atoms with Gasteiger partial charge in [0, 0.05) is 24.6 Å². The normalized spacial score (nSPS) is 22.0. The first-order chi connectivity index (χ1) is 16.8. The van der Waals surface area contributed by atoms with Crippen LogP contribution < -0.4 is 14.2 Å². The Labute approximate surface area is 199 Å². The largest absolute Gasteiger partial charge is 0.522 e. The minimum Gasteiger partial charge on any atom is -0.493 e. The summed E-state index contributed by atoms with van der Waals surface area (Å²) < 4.78 is 67.6. The molecule has 2 aliphatic heterocycles. The Morgan fingerprint density at radius 3 is 2.74 bits per heavy atom. The van der Waals surface area contributed by atoms with E-state index in [1.54, 1.807) is 11.0 Å². The lowest BCUT2D eigenvalue weighted by molar-refractivity contribution is -0.325. The standard InChI is InChI=1S/C23H25F3N2O7/c1-30-17-12-15(6-7-16(17)32-10-11-34-23(24,25)26)21(29)28-9-8-22(19(13-28)33-14-35-22)18-4-3-5-20(27-18)31-2/h3-7,12,19H,8-11,13-14H2,1-2H3/t19-,22-/m1/s1. The van der Waals surface area contributed by atoms with Crippen LogP contribution in [0.3, 0.4) is 0 Å². The molecule has 2 aliphatic rings. The number of rotatable bonds is 8. The molecule has 2 saturated heterocycles. The topological polar surface area (TPSA) is 88.6 Å². The van der Waals surface area contributed by atoms with Gasteiger partial charge in [-0.2, -0.15) is 0 Å². The van der Waals surface area contributed by atoms with E-state index in [4.69, 9.17) is 23.7 Å². The predicted molar refractivity (Wildman–Crippen MR) is 114 cm³/mol. The van der Waals surface area contributed by atoms with Crippen LogP contribution in [0, 0.1) is 0 Å². The molecule has 1 aromatic carbocycles. The number of piperidine rings is 1. The number of ether oxygens (including phenoxy) is 6. The van der Waals surface area contributed by atoms with Crippen LogP contribution in [0.5, 0.6) is 17.4 Å². The highest BCUT2D eigenvalue weighted by Gasteiger charge is 2.52. The van der Waals surface area contributed by atoms with Crippen LogP contribution in [0.1, 0.15) is 22.5 Å². The number of fused-ring (bicyclic) bond motifs is 1. The van der Waals surface area contributed by atoms with E-state index in [0.29, 0.717) is 30.1 Å². The number of carbonyl (C=O) groups is 1. The number of halogens is 3. The molecule has 190 valence electrons. The SMILES string of the molecule is COc1cccc([C@]23CCN(C(=O)c4ccc(OCCOC(F)(F)F)c(OC)c4)C[C@H]2OCO3)n1. The molecule has 4 rings (SSSR count). The minimum atomic E-state index is -4.73. The van der Waals surface area contributed by atoms with Gasteiger partial charge in [-0.15, -0.1) is 13.2 Å². The lowest BCUT2D eigenvalue weighted by Crippen LogP contribution is -2.53. The van der Waals surface area contributed by atoms with Crippen LogP contribution >= 0.6 is 0 Å². The van der Waals surface area contributed by atoms with Crippen molar-refractivity contribution in [3.8, 4) is 17.4 Å². The Morgan fingerprint density at radius 1 is 1.17 bits per heavy atom. The number of amides is 1. The van der Waals surface area contributed by atoms with Gasteiger partial charge in [0.15, 0.2) is 11.5 Å². The van der Waals surface area contributed by atoms with Gasteiger partial charge < -0.3 is 28.6 Å². The number of aromatic nitrogens is 1. The van der Waals surface area contributed by atoms with Gasteiger partial charge in [-0.25, -0.2) is 4.98 Å². The summed E-state index contributed by atoms with van der Waals surface area (Å²) in [7, 11) is 2.91. The highest BCUT2D eigenvalue weighted by molar-refractivity contribution is 5.95. The summed E-state index contributed by atoms with van der Waals surface area (Å²) in [5.41, 5.74) is 0.245. The molecule has 1 aromatic heterocycles. The third kappa shape index (κ3) is 5.44. The number of benzene rings is 1. The fourth-order valence-corrected chi connectivity index (χ4v) is 4.20. The van der Waals surface area contributed by atoms with E-state index in [1.807, 2.05) is 12.1 Å². The molecule has 2 aromatic rings. The summed E-state index contributed by atoms with van der Waals surface area (Å²) in [6.07, 6.45) is -4.67. The van der Waals surface area contributed by atoms with E-state index in [1.165, 1.54) is 32.4 Å². The maximum atomic E-state index is 13.2. The zero-order valence-electron chi connectivity index (χ0n) is 19.2. The summed E-state index contributed by atoms with van der Waals surface area (Å²) in [6.45, 7) is -0.243. The number of carbonyl (C=O) groups excluding carboxylic acids is 1. The molecule has 0 unspecified atom stereocenters. The molecule has 0 radical (unpaired) electrons. The fourth-order valence-electron chi connectivity index (χ4n) is 4.20. The second kappa shape index (κ2) is 10.3. The molecule has 12 heteroatoms. The summed E-state index contributed by atoms with van der Waals surface area (Å²) in [4.78, 5) is 19.4. The zero-order chi connectivity index (χ0) is 25.1. The maximum absolute atomic E-state index is 13.2. The number of pyridine rings is 1. The fraction of sp³-hybridized carbons (Fsp3) is 0.478. The van der Waals surface area contributed by atoms with E-state index < -0.39 is 24.7 Å². The van der Waals surface area contributed by atoms with E-state index in [9.17, 15) is 18.0 Å². The van der Waals surface area contributed by atoms with E-state index in [2.05, 4.69) is 9.72 Å².